The normalized spacial score (nSPS) is 20.2. The van der Waals surface area contributed by atoms with E-state index >= 15 is 0 Å². The molecule has 1 aromatic carbocycles. The molecule has 0 amide bonds. The van der Waals surface area contributed by atoms with Gasteiger partial charge in [0.25, 0.3) is 0 Å². The van der Waals surface area contributed by atoms with Crippen LogP contribution in [0.3, 0.4) is 0 Å². The molecule has 0 heterocycles. The molecule has 1 aromatic rings. The zero-order valence-electron chi connectivity index (χ0n) is 14.5. The van der Waals surface area contributed by atoms with Crippen LogP contribution < -0.4 is 4.74 Å². The molecule has 1 aliphatic rings. The van der Waals surface area contributed by atoms with Crippen LogP contribution in [0, 0.1) is 5.92 Å². The molecule has 1 fully saturated rings. The quantitative estimate of drug-likeness (QED) is 0.551. The van der Waals surface area contributed by atoms with Crippen molar-refractivity contribution in [2.75, 3.05) is 6.61 Å². The molecule has 4 heteroatoms. The minimum Gasteiger partial charge on any atom is -0.485 e. The standard InChI is InChI=1S/C20H26O4/c1-4-15-5-9-18(10-6-15)24-20(22)16-7-11-17(12-8-16)23-13-19(21)14(2)3/h7-8,11-12,15,18H,2,4-6,9-10,13H2,1,3H3. The lowest BCUT2D eigenvalue weighted by atomic mass is 9.86. The lowest BCUT2D eigenvalue weighted by molar-refractivity contribution is -0.117. The van der Waals surface area contributed by atoms with Crippen LogP contribution in [0.1, 0.15) is 56.3 Å². The van der Waals surface area contributed by atoms with E-state index in [1.807, 2.05) is 0 Å². The second-order valence-corrected chi connectivity index (χ2v) is 6.47. The first-order chi connectivity index (χ1) is 11.5. The summed E-state index contributed by atoms with van der Waals surface area (Å²) in [6, 6.07) is 6.69. The minimum absolute atomic E-state index is 0.0319. The number of hydrogen-bond acceptors (Lipinski definition) is 4. The average Bonchev–Trinajstić information content (AvgIpc) is 2.60. The first kappa shape index (κ1) is 18.2. The third-order valence-electron chi connectivity index (χ3n) is 4.58. The largest absolute Gasteiger partial charge is 0.485 e. The Bertz CT molecular complexity index is 580. The Hall–Kier alpha value is -2.10. The highest BCUT2D eigenvalue weighted by Gasteiger charge is 2.23. The van der Waals surface area contributed by atoms with Gasteiger partial charge in [0.15, 0.2) is 12.4 Å². The van der Waals surface area contributed by atoms with E-state index in [-0.39, 0.29) is 24.5 Å². The Kier molecular flexibility index (Phi) is 6.59. The van der Waals surface area contributed by atoms with Gasteiger partial charge in [0.1, 0.15) is 11.9 Å². The van der Waals surface area contributed by atoms with Gasteiger partial charge in [-0.15, -0.1) is 0 Å². The highest BCUT2D eigenvalue weighted by molar-refractivity contribution is 5.95. The Labute approximate surface area is 143 Å². The molecule has 0 radical (unpaired) electrons. The summed E-state index contributed by atoms with van der Waals surface area (Å²) >= 11 is 0. The first-order valence-electron chi connectivity index (χ1n) is 8.62. The number of ether oxygens (including phenoxy) is 2. The Morgan fingerprint density at radius 1 is 1.12 bits per heavy atom. The third kappa shape index (κ3) is 5.22. The number of carbonyl (C=O) groups is 2. The maximum atomic E-state index is 12.2. The molecule has 1 saturated carbocycles. The summed E-state index contributed by atoms with van der Waals surface area (Å²) in [5.74, 6) is 0.892. The molecule has 0 unspecified atom stereocenters. The fourth-order valence-electron chi connectivity index (χ4n) is 2.84. The molecular formula is C20H26O4. The molecular weight excluding hydrogens is 304 g/mol. The second-order valence-electron chi connectivity index (χ2n) is 6.47. The lowest BCUT2D eigenvalue weighted by Gasteiger charge is -2.27. The van der Waals surface area contributed by atoms with E-state index in [4.69, 9.17) is 9.47 Å². The maximum absolute atomic E-state index is 12.2. The SMILES string of the molecule is C=C(C)C(=O)COc1ccc(C(=O)OC2CCC(CC)CC2)cc1. The molecule has 4 nitrogen and oxygen atoms in total. The summed E-state index contributed by atoms with van der Waals surface area (Å²) in [5, 5.41) is 0. The number of benzene rings is 1. The summed E-state index contributed by atoms with van der Waals surface area (Å²) in [7, 11) is 0. The van der Waals surface area contributed by atoms with Crippen LogP contribution in [0.2, 0.25) is 0 Å². The van der Waals surface area contributed by atoms with Crippen molar-refractivity contribution < 1.29 is 19.1 Å². The number of Topliss-reactive ketones (excluding diaryl/α,β-unsaturated/α-hetero) is 1. The number of ketones is 1. The number of esters is 1. The van der Waals surface area contributed by atoms with E-state index in [1.54, 1.807) is 31.2 Å². The molecule has 0 aliphatic heterocycles. The van der Waals surface area contributed by atoms with E-state index in [9.17, 15) is 9.59 Å². The number of hydrogen-bond donors (Lipinski definition) is 0. The van der Waals surface area contributed by atoms with Gasteiger partial charge >= 0.3 is 5.97 Å². The average molecular weight is 330 g/mol. The Morgan fingerprint density at radius 2 is 1.75 bits per heavy atom. The first-order valence-corrected chi connectivity index (χ1v) is 8.62. The molecule has 24 heavy (non-hydrogen) atoms. The van der Waals surface area contributed by atoms with Gasteiger partial charge in [-0.3, -0.25) is 4.79 Å². The summed E-state index contributed by atoms with van der Waals surface area (Å²) in [6.07, 6.45) is 5.42. The van der Waals surface area contributed by atoms with Crippen molar-refractivity contribution in [3.05, 3.63) is 42.0 Å². The molecule has 130 valence electrons. The van der Waals surface area contributed by atoms with E-state index in [2.05, 4.69) is 13.5 Å². The lowest BCUT2D eigenvalue weighted by Crippen LogP contribution is -2.24. The van der Waals surface area contributed by atoms with Crippen molar-refractivity contribution in [2.24, 2.45) is 5.92 Å². The predicted molar refractivity (Wildman–Crippen MR) is 93.2 cm³/mol. The minimum atomic E-state index is -0.292. The molecule has 0 aromatic heterocycles. The fraction of sp³-hybridized carbons (Fsp3) is 0.500. The van der Waals surface area contributed by atoms with Gasteiger partial charge < -0.3 is 9.47 Å². The molecule has 0 bridgehead atoms. The van der Waals surface area contributed by atoms with Gasteiger partial charge in [0, 0.05) is 0 Å². The Morgan fingerprint density at radius 3 is 2.29 bits per heavy atom. The molecule has 0 saturated heterocycles. The number of carbonyl (C=O) groups excluding carboxylic acids is 2. The maximum Gasteiger partial charge on any atom is 0.338 e. The van der Waals surface area contributed by atoms with Crippen molar-refractivity contribution >= 4 is 11.8 Å². The summed E-state index contributed by atoms with van der Waals surface area (Å²) < 4.78 is 11.0. The molecule has 1 aliphatic carbocycles. The van der Waals surface area contributed by atoms with Crippen molar-refractivity contribution in [2.45, 2.75) is 52.1 Å². The van der Waals surface area contributed by atoms with Gasteiger partial charge in [0.2, 0.25) is 0 Å². The highest BCUT2D eigenvalue weighted by atomic mass is 16.5. The van der Waals surface area contributed by atoms with Crippen LogP contribution in [0.15, 0.2) is 36.4 Å². The monoisotopic (exact) mass is 330 g/mol. The molecule has 0 spiro atoms. The van der Waals surface area contributed by atoms with Gasteiger partial charge in [-0.25, -0.2) is 4.79 Å². The van der Waals surface area contributed by atoms with Crippen LogP contribution in [0.4, 0.5) is 0 Å². The van der Waals surface area contributed by atoms with Crippen molar-refractivity contribution in [1.82, 2.24) is 0 Å². The van der Waals surface area contributed by atoms with Crippen molar-refractivity contribution in [3.8, 4) is 5.75 Å². The predicted octanol–water partition coefficient (Wildman–Crippen LogP) is 4.34. The molecule has 0 N–H and O–H groups in total. The van der Waals surface area contributed by atoms with Crippen LogP contribution in [-0.4, -0.2) is 24.5 Å². The highest BCUT2D eigenvalue weighted by Crippen LogP contribution is 2.28. The molecule has 2 rings (SSSR count). The third-order valence-corrected chi connectivity index (χ3v) is 4.58. The van der Waals surface area contributed by atoms with Gasteiger partial charge in [-0.1, -0.05) is 19.9 Å². The van der Waals surface area contributed by atoms with Crippen LogP contribution >= 0.6 is 0 Å². The fourth-order valence-corrected chi connectivity index (χ4v) is 2.84. The van der Waals surface area contributed by atoms with Crippen LogP contribution in [0.25, 0.3) is 0 Å². The van der Waals surface area contributed by atoms with E-state index < -0.39 is 0 Å². The van der Waals surface area contributed by atoms with Crippen LogP contribution in [0.5, 0.6) is 5.75 Å². The van der Waals surface area contributed by atoms with Gasteiger partial charge in [-0.05, 0) is 68.4 Å². The van der Waals surface area contributed by atoms with Crippen molar-refractivity contribution in [1.29, 1.82) is 0 Å². The van der Waals surface area contributed by atoms with Crippen molar-refractivity contribution in [3.63, 3.8) is 0 Å². The van der Waals surface area contributed by atoms with E-state index in [0.717, 1.165) is 31.6 Å². The second kappa shape index (κ2) is 8.67. The number of rotatable bonds is 7. The summed E-state index contributed by atoms with van der Waals surface area (Å²) in [5.41, 5.74) is 0.971. The van der Waals surface area contributed by atoms with E-state index in [0.29, 0.717) is 16.9 Å². The zero-order chi connectivity index (χ0) is 17.5. The summed E-state index contributed by atoms with van der Waals surface area (Å²) in [6.45, 7) is 7.40. The van der Waals surface area contributed by atoms with Gasteiger partial charge in [-0.2, -0.15) is 0 Å². The smallest absolute Gasteiger partial charge is 0.338 e. The zero-order valence-corrected chi connectivity index (χ0v) is 14.5. The van der Waals surface area contributed by atoms with E-state index in [1.165, 1.54) is 6.42 Å². The topological polar surface area (TPSA) is 52.6 Å². The Balaban J connectivity index is 1.83. The molecule has 0 atom stereocenters. The van der Waals surface area contributed by atoms with Gasteiger partial charge in [0.05, 0.1) is 5.56 Å². The van der Waals surface area contributed by atoms with Crippen LogP contribution in [-0.2, 0) is 9.53 Å². The summed E-state index contributed by atoms with van der Waals surface area (Å²) in [4.78, 5) is 23.7.